The summed E-state index contributed by atoms with van der Waals surface area (Å²) in [5, 5.41) is 6.31. The zero-order valence-corrected chi connectivity index (χ0v) is 13.5. The zero-order chi connectivity index (χ0) is 16.4. The monoisotopic (exact) mass is 317 g/mol. The molecule has 1 heterocycles. The molecule has 1 aliphatic heterocycles. The minimum atomic E-state index is 0.430. The predicted molar refractivity (Wildman–Crippen MR) is 96.6 cm³/mol. The maximum Gasteiger partial charge on any atom is 0.176 e. The highest BCUT2D eigenvalue weighted by Gasteiger charge is 2.18. The summed E-state index contributed by atoms with van der Waals surface area (Å²) >= 11 is 0. The van der Waals surface area contributed by atoms with Crippen LogP contribution in [0.1, 0.15) is 5.56 Å². The molecule has 3 aromatic rings. The molecule has 0 aromatic heterocycles. The molecule has 4 heteroatoms. The maximum atomic E-state index is 5.92. The molecule has 0 aliphatic carbocycles. The molecule has 1 aliphatic rings. The molecule has 0 unspecified atom stereocenters. The van der Waals surface area contributed by atoms with E-state index in [9.17, 15) is 0 Å². The van der Waals surface area contributed by atoms with Crippen molar-refractivity contribution in [3.8, 4) is 5.75 Å². The first-order valence-corrected chi connectivity index (χ1v) is 7.95. The van der Waals surface area contributed by atoms with E-state index in [1.54, 1.807) is 0 Å². The molecule has 0 radical (unpaired) electrons. The largest absolute Gasteiger partial charge is 0.472 e. The van der Waals surface area contributed by atoms with Crippen LogP contribution in [0.5, 0.6) is 5.75 Å². The Balaban J connectivity index is 1.46. The molecule has 1 N–H and O–H groups in total. The smallest absolute Gasteiger partial charge is 0.176 e. The number of hydrogen-bond acceptors (Lipinski definition) is 4. The number of hydrazine groups is 2. The lowest BCUT2D eigenvalue weighted by Gasteiger charge is -2.21. The van der Waals surface area contributed by atoms with Gasteiger partial charge in [0.25, 0.3) is 0 Å². The minimum Gasteiger partial charge on any atom is -0.472 e. The van der Waals surface area contributed by atoms with Crippen LogP contribution in [0.4, 0.5) is 0 Å². The molecule has 4 rings (SSSR count). The number of benzene rings is 3. The first-order chi connectivity index (χ1) is 11.8. The zero-order valence-electron chi connectivity index (χ0n) is 13.5. The summed E-state index contributed by atoms with van der Waals surface area (Å²) < 4.78 is 5.92. The molecule has 0 fully saturated rings. The molecule has 4 nitrogen and oxygen atoms in total. The van der Waals surface area contributed by atoms with Gasteiger partial charge in [0.05, 0.1) is 5.70 Å². The van der Waals surface area contributed by atoms with Crippen molar-refractivity contribution in [2.45, 2.75) is 0 Å². The Morgan fingerprint density at radius 3 is 2.46 bits per heavy atom. The number of hydrogen-bond donors (Lipinski definition) is 1. The molecule has 0 saturated heterocycles. The SMILES string of the molecule is CN1NN(COc2ccc3ccccc3c2)C=C1c1ccccc1. The van der Waals surface area contributed by atoms with Crippen LogP contribution in [0.15, 0.2) is 79.0 Å². The van der Waals surface area contributed by atoms with Crippen LogP contribution in [0.2, 0.25) is 0 Å². The van der Waals surface area contributed by atoms with Gasteiger partial charge in [0, 0.05) is 18.8 Å². The van der Waals surface area contributed by atoms with Crippen molar-refractivity contribution in [2.75, 3.05) is 13.8 Å². The number of ether oxygens (including phenoxy) is 1. The van der Waals surface area contributed by atoms with Gasteiger partial charge in [-0.2, -0.15) is 0 Å². The molecular weight excluding hydrogens is 298 g/mol. The number of nitrogens with one attached hydrogen (secondary N) is 1. The summed E-state index contributed by atoms with van der Waals surface area (Å²) in [6.45, 7) is 0.430. The van der Waals surface area contributed by atoms with E-state index < -0.39 is 0 Å². The van der Waals surface area contributed by atoms with E-state index in [-0.39, 0.29) is 0 Å². The average Bonchev–Trinajstić information content (AvgIpc) is 3.01. The van der Waals surface area contributed by atoms with Gasteiger partial charge in [-0.05, 0) is 22.9 Å². The van der Waals surface area contributed by atoms with Crippen LogP contribution in [-0.2, 0) is 0 Å². The lowest BCUT2D eigenvalue weighted by molar-refractivity contribution is 0.0805. The van der Waals surface area contributed by atoms with Gasteiger partial charge < -0.3 is 4.74 Å². The van der Waals surface area contributed by atoms with Crippen LogP contribution >= 0.6 is 0 Å². The van der Waals surface area contributed by atoms with E-state index in [1.807, 2.05) is 53.5 Å². The summed E-state index contributed by atoms with van der Waals surface area (Å²) in [6.07, 6.45) is 2.05. The molecular formula is C20H19N3O. The summed E-state index contributed by atoms with van der Waals surface area (Å²) in [6, 6.07) is 24.7. The molecule has 0 saturated carbocycles. The molecule has 3 aromatic carbocycles. The quantitative estimate of drug-likeness (QED) is 0.791. The standard InChI is InChI=1S/C20H19N3O/c1-22-20(17-8-3-2-4-9-17)14-23(21-22)15-24-19-12-11-16-7-5-6-10-18(16)13-19/h2-14,21H,15H2,1H3. The third kappa shape index (κ3) is 2.92. The van der Waals surface area contributed by atoms with Crippen LogP contribution in [-0.4, -0.2) is 23.8 Å². The second-order valence-electron chi connectivity index (χ2n) is 5.79. The van der Waals surface area contributed by atoms with Gasteiger partial charge in [0.15, 0.2) is 6.73 Å². The molecule has 24 heavy (non-hydrogen) atoms. The fraction of sp³-hybridized carbons (Fsp3) is 0.100. The summed E-state index contributed by atoms with van der Waals surface area (Å²) in [5.74, 6) is 0.861. The summed E-state index contributed by atoms with van der Waals surface area (Å²) in [5.41, 5.74) is 5.54. The van der Waals surface area contributed by atoms with Crippen molar-refractivity contribution in [3.05, 3.63) is 84.6 Å². The fourth-order valence-electron chi connectivity index (χ4n) is 2.85. The van der Waals surface area contributed by atoms with Gasteiger partial charge in [-0.15, -0.1) is 5.53 Å². The van der Waals surface area contributed by atoms with E-state index in [2.05, 4.69) is 48.1 Å². The lowest BCUT2D eigenvalue weighted by Crippen LogP contribution is -2.39. The van der Waals surface area contributed by atoms with Gasteiger partial charge in [0.2, 0.25) is 0 Å². The van der Waals surface area contributed by atoms with Crippen molar-refractivity contribution in [1.29, 1.82) is 0 Å². The van der Waals surface area contributed by atoms with Gasteiger partial charge >= 0.3 is 0 Å². The Bertz CT molecular complexity index is 876. The second kappa shape index (κ2) is 6.26. The summed E-state index contributed by atoms with van der Waals surface area (Å²) in [4.78, 5) is 0. The Hall–Kier alpha value is -2.98. The molecule has 120 valence electrons. The highest BCUT2D eigenvalue weighted by atomic mass is 16.5. The van der Waals surface area contributed by atoms with E-state index in [1.165, 1.54) is 16.3 Å². The molecule has 0 bridgehead atoms. The fourth-order valence-corrected chi connectivity index (χ4v) is 2.85. The van der Waals surface area contributed by atoms with Crippen molar-refractivity contribution in [1.82, 2.24) is 15.6 Å². The topological polar surface area (TPSA) is 27.7 Å². The van der Waals surface area contributed by atoms with Crippen molar-refractivity contribution >= 4 is 16.5 Å². The predicted octanol–water partition coefficient (Wildman–Crippen LogP) is 3.84. The van der Waals surface area contributed by atoms with Gasteiger partial charge in [-0.25, -0.2) is 0 Å². The van der Waals surface area contributed by atoms with E-state index in [4.69, 9.17) is 4.74 Å². The number of fused-ring (bicyclic) bond motifs is 1. The van der Waals surface area contributed by atoms with E-state index >= 15 is 0 Å². The lowest BCUT2D eigenvalue weighted by atomic mass is 10.1. The Labute approximate surface area is 141 Å². The van der Waals surface area contributed by atoms with Crippen molar-refractivity contribution in [3.63, 3.8) is 0 Å². The van der Waals surface area contributed by atoms with Crippen LogP contribution in [0, 0.1) is 0 Å². The second-order valence-corrected chi connectivity index (χ2v) is 5.79. The third-order valence-electron chi connectivity index (χ3n) is 4.08. The Kier molecular flexibility index (Phi) is 3.81. The molecule has 0 atom stereocenters. The van der Waals surface area contributed by atoms with Crippen molar-refractivity contribution in [2.24, 2.45) is 0 Å². The van der Waals surface area contributed by atoms with Crippen LogP contribution in [0.25, 0.3) is 16.5 Å². The number of rotatable bonds is 4. The average molecular weight is 317 g/mol. The van der Waals surface area contributed by atoms with Crippen molar-refractivity contribution < 1.29 is 4.74 Å². The first-order valence-electron chi connectivity index (χ1n) is 7.95. The highest BCUT2D eigenvalue weighted by molar-refractivity contribution is 5.83. The van der Waals surface area contributed by atoms with Crippen LogP contribution < -0.4 is 10.3 Å². The van der Waals surface area contributed by atoms with Gasteiger partial charge in [0.1, 0.15) is 5.75 Å². The number of nitrogens with zero attached hydrogens (tertiary/aromatic N) is 2. The van der Waals surface area contributed by atoms with Crippen LogP contribution in [0.3, 0.4) is 0 Å². The Morgan fingerprint density at radius 2 is 1.62 bits per heavy atom. The minimum absolute atomic E-state index is 0.430. The van der Waals surface area contributed by atoms with Gasteiger partial charge in [-0.1, -0.05) is 60.7 Å². The molecule has 0 amide bonds. The summed E-state index contributed by atoms with van der Waals surface area (Å²) in [7, 11) is 1.99. The first kappa shape index (κ1) is 14.6. The third-order valence-corrected chi connectivity index (χ3v) is 4.08. The normalized spacial score (nSPS) is 14.1. The maximum absolute atomic E-state index is 5.92. The van der Waals surface area contributed by atoms with E-state index in [0.29, 0.717) is 6.73 Å². The highest BCUT2D eigenvalue weighted by Crippen LogP contribution is 2.23. The Morgan fingerprint density at radius 1 is 0.875 bits per heavy atom. The molecule has 0 spiro atoms. The van der Waals surface area contributed by atoms with Gasteiger partial charge in [-0.3, -0.25) is 10.0 Å². The van der Waals surface area contributed by atoms with E-state index in [0.717, 1.165) is 11.4 Å².